The molecule has 0 heterocycles. The minimum absolute atomic E-state index is 0.160. The van der Waals surface area contributed by atoms with E-state index in [0.717, 1.165) is 4.47 Å². The average molecular weight is 378 g/mol. The van der Waals surface area contributed by atoms with Gasteiger partial charge >= 0.3 is 6.03 Å². The molecule has 2 aromatic rings. The number of carbonyl (C=O) groups excluding carboxylic acids is 2. The standard InChI is InChI=1S/C16H16BrN3O3/c17-13-3-1-2-4-14(13)23-10-9-15(21)19-11-5-7-12(8-6-11)20-16(18)22/h1-8H,9-10H2,(H,19,21)(H3,18,20,22). The Bertz CT molecular complexity index is 689. The van der Waals surface area contributed by atoms with E-state index >= 15 is 0 Å². The summed E-state index contributed by atoms with van der Waals surface area (Å²) in [4.78, 5) is 22.6. The van der Waals surface area contributed by atoms with Gasteiger partial charge < -0.3 is 21.1 Å². The van der Waals surface area contributed by atoms with E-state index in [4.69, 9.17) is 10.5 Å². The van der Waals surface area contributed by atoms with Gasteiger partial charge in [0, 0.05) is 11.4 Å². The fourth-order valence-electron chi connectivity index (χ4n) is 1.82. The smallest absolute Gasteiger partial charge is 0.316 e. The van der Waals surface area contributed by atoms with Gasteiger partial charge in [0.1, 0.15) is 5.75 Å². The van der Waals surface area contributed by atoms with E-state index in [1.165, 1.54) is 0 Å². The van der Waals surface area contributed by atoms with Crippen molar-refractivity contribution in [2.45, 2.75) is 6.42 Å². The van der Waals surface area contributed by atoms with Gasteiger partial charge in [-0.2, -0.15) is 0 Å². The van der Waals surface area contributed by atoms with Crippen LogP contribution >= 0.6 is 15.9 Å². The van der Waals surface area contributed by atoms with Crippen molar-refractivity contribution in [2.75, 3.05) is 17.2 Å². The molecule has 2 rings (SSSR count). The SMILES string of the molecule is NC(=O)Nc1ccc(NC(=O)CCOc2ccccc2Br)cc1. The summed E-state index contributed by atoms with van der Waals surface area (Å²) in [5.74, 6) is 0.537. The lowest BCUT2D eigenvalue weighted by molar-refractivity contribution is -0.116. The highest BCUT2D eigenvalue weighted by Gasteiger charge is 2.05. The molecule has 0 aromatic heterocycles. The molecular formula is C16H16BrN3O3. The van der Waals surface area contributed by atoms with Crippen LogP contribution in [-0.4, -0.2) is 18.5 Å². The van der Waals surface area contributed by atoms with Gasteiger partial charge in [-0.1, -0.05) is 12.1 Å². The number of rotatable bonds is 6. The summed E-state index contributed by atoms with van der Waals surface area (Å²) in [7, 11) is 0. The van der Waals surface area contributed by atoms with Crippen molar-refractivity contribution in [1.82, 2.24) is 0 Å². The summed E-state index contributed by atoms with van der Waals surface area (Å²) >= 11 is 3.38. The molecule has 0 saturated heterocycles. The number of hydrogen-bond donors (Lipinski definition) is 3. The minimum atomic E-state index is -0.633. The zero-order valence-corrected chi connectivity index (χ0v) is 13.8. The third-order valence-corrected chi connectivity index (χ3v) is 3.51. The molecule has 0 spiro atoms. The monoisotopic (exact) mass is 377 g/mol. The second kappa shape index (κ2) is 8.19. The number of nitrogens with one attached hydrogen (secondary N) is 2. The number of hydrogen-bond acceptors (Lipinski definition) is 3. The van der Waals surface area contributed by atoms with Crippen molar-refractivity contribution in [2.24, 2.45) is 5.73 Å². The molecule has 0 bridgehead atoms. The van der Waals surface area contributed by atoms with Crippen molar-refractivity contribution in [3.8, 4) is 5.75 Å². The Hall–Kier alpha value is -2.54. The van der Waals surface area contributed by atoms with Crippen molar-refractivity contribution in [1.29, 1.82) is 0 Å². The first kappa shape index (κ1) is 16.8. The van der Waals surface area contributed by atoms with Gasteiger partial charge in [-0.15, -0.1) is 0 Å². The second-order valence-corrected chi connectivity index (χ2v) is 5.50. The van der Waals surface area contributed by atoms with Gasteiger partial charge in [0.25, 0.3) is 0 Å². The molecule has 0 saturated carbocycles. The number of primary amides is 1. The lowest BCUT2D eigenvalue weighted by atomic mass is 10.2. The maximum absolute atomic E-state index is 11.9. The highest BCUT2D eigenvalue weighted by atomic mass is 79.9. The van der Waals surface area contributed by atoms with Crippen molar-refractivity contribution >= 4 is 39.2 Å². The number of urea groups is 1. The number of benzene rings is 2. The first-order valence-corrected chi connectivity index (χ1v) is 7.67. The summed E-state index contributed by atoms with van der Waals surface area (Å²) < 4.78 is 6.38. The Morgan fingerprint density at radius 1 is 1.00 bits per heavy atom. The molecular weight excluding hydrogens is 362 g/mol. The molecule has 7 heteroatoms. The molecule has 0 aliphatic carbocycles. The van der Waals surface area contributed by atoms with Crippen LogP contribution in [0, 0.1) is 0 Å². The van der Waals surface area contributed by atoms with E-state index in [1.54, 1.807) is 24.3 Å². The maximum Gasteiger partial charge on any atom is 0.316 e. The molecule has 0 aliphatic rings. The van der Waals surface area contributed by atoms with Gasteiger partial charge in [-0.05, 0) is 52.3 Å². The van der Waals surface area contributed by atoms with E-state index < -0.39 is 6.03 Å². The Morgan fingerprint density at radius 3 is 2.22 bits per heavy atom. The van der Waals surface area contributed by atoms with Crippen LogP contribution in [0.4, 0.5) is 16.2 Å². The molecule has 0 aliphatic heterocycles. The zero-order chi connectivity index (χ0) is 16.7. The highest BCUT2D eigenvalue weighted by Crippen LogP contribution is 2.23. The quantitative estimate of drug-likeness (QED) is 0.720. The van der Waals surface area contributed by atoms with Crippen LogP contribution in [0.2, 0.25) is 0 Å². The van der Waals surface area contributed by atoms with Crippen LogP contribution in [0.5, 0.6) is 5.75 Å². The maximum atomic E-state index is 11.9. The molecule has 6 nitrogen and oxygen atoms in total. The fourth-order valence-corrected chi connectivity index (χ4v) is 2.22. The molecule has 0 fully saturated rings. The van der Waals surface area contributed by atoms with Crippen LogP contribution in [0.25, 0.3) is 0 Å². The number of ether oxygens (including phenoxy) is 1. The van der Waals surface area contributed by atoms with Crippen molar-refractivity contribution in [3.05, 3.63) is 53.0 Å². The van der Waals surface area contributed by atoms with Gasteiger partial charge in [0.15, 0.2) is 0 Å². The van der Waals surface area contributed by atoms with Crippen LogP contribution < -0.4 is 21.1 Å². The zero-order valence-electron chi connectivity index (χ0n) is 12.2. The largest absolute Gasteiger partial charge is 0.492 e. The Kier molecular flexibility index (Phi) is 5.99. The van der Waals surface area contributed by atoms with Crippen LogP contribution in [0.1, 0.15) is 6.42 Å². The molecule has 3 amide bonds. The number of nitrogens with two attached hydrogens (primary N) is 1. The Labute approximate surface area is 142 Å². The summed E-state index contributed by atoms with van der Waals surface area (Å²) in [6.07, 6.45) is 0.225. The Balaban J connectivity index is 1.78. The lowest BCUT2D eigenvalue weighted by Crippen LogP contribution is -2.19. The van der Waals surface area contributed by atoms with E-state index in [0.29, 0.717) is 17.1 Å². The highest BCUT2D eigenvalue weighted by molar-refractivity contribution is 9.10. The molecule has 2 aromatic carbocycles. The van der Waals surface area contributed by atoms with Crippen LogP contribution in [-0.2, 0) is 4.79 Å². The molecule has 0 radical (unpaired) electrons. The molecule has 4 N–H and O–H groups in total. The van der Waals surface area contributed by atoms with Crippen molar-refractivity contribution in [3.63, 3.8) is 0 Å². The molecule has 0 atom stereocenters. The summed E-state index contributed by atoms with van der Waals surface area (Å²) in [5, 5.41) is 5.19. The van der Waals surface area contributed by atoms with E-state index in [1.807, 2.05) is 24.3 Å². The van der Waals surface area contributed by atoms with Gasteiger partial charge in [-0.3, -0.25) is 4.79 Å². The van der Waals surface area contributed by atoms with E-state index in [-0.39, 0.29) is 18.9 Å². The molecule has 23 heavy (non-hydrogen) atoms. The second-order valence-electron chi connectivity index (χ2n) is 4.64. The average Bonchev–Trinajstić information content (AvgIpc) is 2.51. The first-order chi connectivity index (χ1) is 11.0. The van der Waals surface area contributed by atoms with E-state index in [9.17, 15) is 9.59 Å². The predicted octanol–water partition coefficient (Wildman–Crippen LogP) is 3.35. The first-order valence-electron chi connectivity index (χ1n) is 6.88. The molecule has 120 valence electrons. The van der Waals surface area contributed by atoms with Crippen LogP contribution in [0.15, 0.2) is 53.0 Å². The Morgan fingerprint density at radius 2 is 1.61 bits per heavy atom. The van der Waals surface area contributed by atoms with Gasteiger partial charge in [0.05, 0.1) is 17.5 Å². The molecule has 0 unspecified atom stereocenters. The third kappa shape index (κ3) is 5.63. The lowest BCUT2D eigenvalue weighted by Gasteiger charge is -2.09. The summed E-state index contributed by atoms with van der Waals surface area (Å²) in [5.41, 5.74) is 6.21. The number of amides is 3. The summed E-state index contributed by atoms with van der Waals surface area (Å²) in [6, 6.07) is 13.5. The predicted molar refractivity (Wildman–Crippen MR) is 92.5 cm³/mol. The number of para-hydroxylation sites is 1. The number of halogens is 1. The number of anilines is 2. The van der Waals surface area contributed by atoms with Gasteiger partial charge in [-0.25, -0.2) is 4.79 Å². The van der Waals surface area contributed by atoms with Crippen molar-refractivity contribution < 1.29 is 14.3 Å². The topological polar surface area (TPSA) is 93.5 Å². The normalized spacial score (nSPS) is 9.96. The van der Waals surface area contributed by atoms with E-state index in [2.05, 4.69) is 26.6 Å². The number of carbonyl (C=O) groups is 2. The fraction of sp³-hybridized carbons (Fsp3) is 0.125. The minimum Gasteiger partial charge on any atom is -0.492 e. The summed E-state index contributed by atoms with van der Waals surface area (Å²) in [6.45, 7) is 0.274. The third-order valence-electron chi connectivity index (χ3n) is 2.86. The van der Waals surface area contributed by atoms with Gasteiger partial charge in [0.2, 0.25) is 5.91 Å². The van der Waals surface area contributed by atoms with Crippen LogP contribution in [0.3, 0.4) is 0 Å².